The first-order chi connectivity index (χ1) is 27.5. The van der Waals surface area contributed by atoms with E-state index in [-0.39, 0.29) is 30.2 Å². The van der Waals surface area contributed by atoms with Crippen molar-refractivity contribution < 1.29 is 19.1 Å². The van der Waals surface area contributed by atoms with Crippen molar-refractivity contribution in [1.29, 1.82) is 0 Å². The number of pyridine rings is 1. The second kappa shape index (κ2) is 17.2. The second-order valence-corrected chi connectivity index (χ2v) is 17.6. The summed E-state index contributed by atoms with van der Waals surface area (Å²) in [6, 6.07) is 23.3. The number of imidazole rings is 2. The van der Waals surface area contributed by atoms with E-state index in [0.29, 0.717) is 11.8 Å². The molecule has 4 N–H and O–H groups in total. The maximum absolute atomic E-state index is 12.2. The predicted molar refractivity (Wildman–Crippen MR) is 234 cm³/mol. The lowest BCUT2D eigenvalue weighted by molar-refractivity contribution is 0.0488. The van der Waals surface area contributed by atoms with Gasteiger partial charge in [-0.15, -0.1) is 0 Å². The molecule has 6 aromatic rings. The van der Waals surface area contributed by atoms with E-state index in [1.807, 2.05) is 68.4 Å². The van der Waals surface area contributed by atoms with E-state index in [4.69, 9.17) is 24.4 Å². The predicted octanol–water partition coefficient (Wildman–Crippen LogP) is 10.9. The Morgan fingerprint density at radius 2 is 1.26 bits per heavy atom. The number of H-pyrrole nitrogens is 2. The van der Waals surface area contributed by atoms with Crippen molar-refractivity contribution in [3.8, 4) is 22.4 Å². The van der Waals surface area contributed by atoms with Crippen LogP contribution in [0.5, 0.6) is 0 Å². The van der Waals surface area contributed by atoms with Gasteiger partial charge in [-0.3, -0.25) is 0 Å². The van der Waals surface area contributed by atoms with Crippen LogP contribution in [0.2, 0.25) is 0 Å². The van der Waals surface area contributed by atoms with Crippen LogP contribution in [0.25, 0.3) is 55.4 Å². The minimum Gasteiger partial charge on any atom is -0.444 e. The molecule has 0 saturated heterocycles. The highest BCUT2D eigenvalue weighted by atomic mass is 16.6. The van der Waals surface area contributed by atoms with Crippen molar-refractivity contribution in [3.05, 3.63) is 78.4 Å². The second-order valence-electron chi connectivity index (χ2n) is 17.6. The third kappa shape index (κ3) is 10.5. The number of benzene rings is 3. The molecule has 11 heteroatoms. The summed E-state index contributed by atoms with van der Waals surface area (Å²) in [5, 5.41) is 7.06. The average molecular weight is 788 g/mol. The molecule has 11 nitrogen and oxygen atoms in total. The first-order valence-electron chi connectivity index (χ1n) is 20.9. The fourth-order valence-electron chi connectivity index (χ4n) is 7.39. The third-order valence-electron chi connectivity index (χ3n) is 10.8. The van der Waals surface area contributed by atoms with E-state index in [0.717, 1.165) is 92.7 Å². The number of carbonyl (C=O) groups is 2. The fraction of sp³-hybridized carbons (Fsp3) is 0.468. The summed E-state index contributed by atoms with van der Waals surface area (Å²) >= 11 is 0. The number of amides is 2. The van der Waals surface area contributed by atoms with Gasteiger partial charge in [0.1, 0.15) is 22.9 Å². The van der Waals surface area contributed by atoms with E-state index >= 15 is 0 Å². The van der Waals surface area contributed by atoms with E-state index in [1.54, 1.807) is 0 Å². The van der Waals surface area contributed by atoms with Gasteiger partial charge < -0.3 is 30.1 Å². The van der Waals surface area contributed by atoms with Crippen molar-refractivity contribution in [3.63, 3.8) is 0 Å². The van der Waals surface area contributed by atoms with Gasteiger partial charge in [0.25, 0.3) is 0 Å². The largest absolute Gasteiger partial charge is 0.444 e. The number of ether oxygens (including phenoxy) is 2. The first kappa shape index (κ1) is 42.2. The summed E-state index contributed by atoms with van der Waals surface area (Å²) in [7, 11) is 0. The molecule has 2 amide bonds. The minimum atomic E-state index is -0.523. The molecule has 3 heterocycles. The van der Waals surface area contributed by atoms with Crippen LogP contribution in [-0.2, 0) is 22.3 Å². The Balaban J connectivity index is 0.00000279. The Bertz CT molecular complexity index is 2230. The number of aryl methyl sites for hydroxylation is 2. The summed E-state index contributed by atoms with van der Waals surface area (Å²) in [6.45, 7) is 21.5. The fourth-order valence-corrected chi connectivity index (χ4v) is 7.39. The highest BCUT2D eigenvalue weighted by molar-refractivity contribution is 5.89. The van der Waals surface area contributed by atoms with Gasteiger partial charge >= 0.3 is 12.2 Å². The number of fused-ring (bicyclic) bond motifs is 3. The molecule has 1 aliphatic rings. The number of hydrogen-bond donors (Lipinski definition) is 4. The molecule has 308 valence electrons. The van der Waals surface area contributed by atoms with E-state index < -0.39 is 11.2 Å². The quantitative estimate of drug-likeness (QED) is 0.102. The molecule has 1 saturated carbocycles. The van der Waals surface area contributed by atoms with Crippen LogP contribution in [0.1, 0.15) is 101 Å². The Hall–Kier alpha value is -5.45. The summed E-state index contributed by atoms with van der Waals surface area (Å²) in [5.41, 5.74) is 7.89. The van der Waals surface area contributed by atoms with Crippen molar-refractivity contribution in [2.45, 2.75) is 125 Å². The number of nitrogens with one attached hydrogen (secondary N) is 4. The smallest absolute Gasteiger partial charge is 0.407 e. The van der Waals surface area contributed by atoms with Crippen molar-refractivity contribution >= 4 is 45.2 Å². The lowest BCUT2D eigenvalue weighted by Crippen LogP contribution is -2.40. The molecule has 0 radical (unpaired) electrons. The van der Waals surface area contributed by atoms with Crippen LogP contribution >= 0.6 is 0 Å². The van der Waals surface area contributed by atoms with Crippen LogP contribution < -0.4 is 10.6 Å². The van der Waals surface area contributed by atoms with Gasteiger partial charge in [0.2, 0.25) is 0 Å². The van der Waals surface area contributed by atoms with Crippen LogP contribution in [0.4, 0.5) is 9.59 Å². The molecule has 0 aliphatic heterocycles. The molecule has 7 rings (SSSR count). The zero-order valence-corrected chi connectivity index (χ0v) is 36.0. The molecule has 0 bridgehead atoms. The first-order valence-corrected chi connectivity index (χ1v) is 20.9. The Labute approximate surface area is 342 Å². The highest BCUT2D eigenvalue weighted by Gasteiger charge is 2.47. The van der Waals surface area contributed by atoms with Gasteiger partial charge in [-0.1, -0.05) is 52.0 Å². The summed E-state index contributed by atoms with van der Waals surface area (Å²) < 4.78 is 10.9. The van der Waals surface area contributed by atoms with Gasteiger partial charge in [0.05, 0.1) is 33.3 Å². The molecule has 1 fully saturated rings. The summed E-state index contributed by atoms with van der Waals surface area (Å²) in [4.78, 5) is 46.2. The van der Waals surface area contributed by atoms with Crippen LogP contribution in [0.3, 0.4) is 0 Å². The molecule has 3 aromatic carbocycles. The molecule has 5 atom stereocenters. The average Bonchev–Trinajstić information content (AvgIpc) is 3.45. The standard InChI is InChI=1S/C45H55N7O4.C2H6/c1-25(27(3)46-42(53)55-44(4,5)6)10-20-39-48-35-18-12-29(23-37(35)50-39)28-11-16-33-30(22-28)13-17-34(47-33)31-14-19-36-38(24-31)51-40(49-36)21-15-32-26(2)41(32)52-43(54)56-45(7,8)9;1-2/h11-14,16-19,22-27,32,41H,10,15,20-21H2,1-9H3,(H,46,53)(H,48,50)(H,49,51)(H,52,54);1-2H3/t25-,26-,27?,32?,41?;/m1./s1. The maximum Gasteiger partial charge on any atom is 0.407 e. The Kier molecular flexibility index (Phi) is 12.5. The summed E-state index contributed by atoms with van der Waals surface area (Å²) in [6.07, 6.45) is 2.67. The number of nitrogens with zero attached hydrogens (tertiary/aromatic N) is 3. The minimum absolute atomic E-state index is 0.0216. The lowest BCUT2D eigenvalue weighted by atomic mass is 9.98. The van der Waals surface area contributed by atoms with Crippen molar-refractivity contribution in [2.75, 3.05) is 0 Å². The zero-order chi connectivity index (χ0) is 41.9. The number of hydrogen-bond acceptors (Lipinski definition) is 7. The maximum atomic E-state index is 12.2. The van der Waals surface area contributed by atoms with Gasteiger partial charge in [-0.2, -0.15) is 0 Å². The van der Waals surface area contributed by atoms with Crippen LogP contribution in [-0.4, -0.2) is 60.4 Å². The van der Waals surface area contributed by atoms with Crippen molar-refractivity contribution in [2.24, 2.45) is 17.8 Å². The summed E-state index contributed by atoms with van der Waals surface area (Å²) in [5.74, 6) is 2.96. The van der Waals surface area contributed by atoms with Gasteiger partial charge in [-0.05, 0) is 133 Å². The normalized spacial score (nSPS) is 17.7. The van der Waals surface area contributed by atoms with Crippen LogP contribution in [0.15, 0.2) is 66.7 Å². The monoisotopic (exact) mass is 787 g/mol. The zero-order valence-electron chi connectivity index (χ0n) is 36.0. The SMILES string of the molecule is CC.CC(NC(=O)OC(C)(C)C)[C@H](C)CCc1nc2ccc(-c3ccc4nc(-c5ccc6nc(CCC7C(NC(=O)OC(C)(C)C)[C@@H]7C)[nH]c6c5)ccc4c3)cc2[nH]1. The molecule has 3 unspecified atom stereocenters. The molecule has 3 aromatic heterocycles. The molecule has 1 aliphatic carbocycles. The van der Waals surface area contributed by atoms with Gasteiger partial charge in [0, 0.05) is 35.9 Å². The number of aromatic nitrogens is 5. The lowest BCUT2D eigenvalue weighted by Gasteiger charge is -2.24. The van der Waals surface area contributed by atoms with E-state index in [1.165, 1.54) is 0 Å². The van der Waals surface area contributed by atoms with E-state index in [9.17, 15) is 9.59 Å². The van der Waals surface area contributed by atoms with Crippen molar-refractivity contribution in [1.82, 2.24) is 35.6 Å². The molecular weight excluding hydrogens is 727 g/mol. The highest BCUT2D eigenvalue weighted by Crippen LogP contribution is 2.42. The number of aromatic amines is 2. The van der Waals surface area contributed by atoms with E-state index in [2.05, 4.69) is 95.1 Å². The van der Waals surface area contributed by atoms with Crippen LogP contribution in [0, 0.1) is 17.8 Å². The molecular formula is C47H61N7O4. The third-order valence-corrected chi connectivity index (χ3v) is 10.8. The van der Waals surface area contributed by atoms with Gasteiger partial charge in [-0.25, -0.2) is 24.5 Å². The topological polar surface area (TPSA) is 147 Å². The van der Waals surface area contributed by atoms with Gasteiger partial charge in [0.15, 0.2) is 0 Å². The number of rotatable bonds is 11. The number of alkyl carbamates (subject to hydrolysis) is 2. The Morgan fingerprint density at radius 1 is 0.707 bits per heavy atom. The molecule has 0 spiro atoms. The molecule has 58 heavy (non-hydrogen) atoms. The number of carbonyl (C=O) groups excluding carboxylic acids is 2. The Morgan fingerprint density at radius 3 is 1.90 bits per heavy atom.